The van der Waals surface area contributed by atoms with Crippen LogP contribution in [0.5, 0.6) is 0 Å². The van der Waals surface area contributed by atoms with Crippen LogP contribution in [0.4, 0.5) is 0 Å². The average molecular weight is 291 g/mol. The number of rotatable bonds is 3. The number of aromatic nitrogens is 2. The first-order valence-corrected chi connectivity index (χ1v) is 7.57. The second-order valence-corrected chi connectivity index (χ2v) is 6.48. The van der Waals surface area contributed by atoms with Gasteiger partial charge in [0.05, 0.1) is 11.7 Å². The fourth-order valence-corrected chi connectivity index (χ4v) is 4.08. The molecule has 0 fully saturated rings. The Kier molecular flexibility index (Phi) is 3.33. The van der Waals surface area contributed by atoms with Crippen molar-refractivity contribution >= 4 is 27.5 Å². The van der Waals surface area contributed by atoms with Crippen molar-refractivity contribution in [1.29, 1.82) is 0 Å². The molecule has 0 radical (unpaired) electrons. The number of carbonyl (C=O) groups is 1. The van der Waals surface area contributed by atoms with E-state index in [1.807, 2.05) is 0 Å². The summed E-state index contributed by atoms with van der Waals surface area (Å²) in [5.74, 6) is -0.506. The lowest BCUT2D eigenvalue weighted by Crippen LogP contribution is -2.27. The van der Waals surface area contributed by atoms with Gasteiger partial charge in [0.15, 0.2) is 0 Å². The first kappa shape index (κ1) is 13.3. The molecule has 106 valence electrons. The van der Waals surface area contributed by atoms with Gasteiger partial charge in [-0.05, 0) is 30.7 Å². The third-order valence-corrected chi connectivity index (χ3v) is 5.00. The fraction of sp³-hybridized carbons (Fsp3) is 0.500. The molecule has 3 rings (SSSR count). The molecular weight excluding hydrogens is 276 g/mol. The van der Waals surface area contributed by atoms with E-state index in [0.29, 0.717) is 11.3 Å². The Labute approximate surface area is 119 Å². The minimum atomic E-state index is -1.15. The maximum absolute atomic E-state index is 12.5. The van der Waals surface area contributed by atoms with Crippen LogP contribution in [0.15, 0.2) is 11.1 Å². The van der Waals surface area contributed by atoms with Crippen molar-refractivity contribution in [1.82, 2.24) is 9.55 Å². The predicted octanol–water partition coefficient (Wildman–Crippen LogP) is 0.723. The van der Waals surface area contributed by atoms with Crippen molar-refractivity contribution in [2.45, 2.75) is 39.2 Å². The monoisotopic (exact) mass is 291 g/mol. The summed E-state index contributed by atoms with van der Waals surface area (Å²) in [5, 5.41) is 11.2. The zero-order valence-electron chi connectivity index (χ0n) is 11.2. The van der Waals surface area contributed by atoms with Gasteiger partial charge in [-0.15, -0.1) is 11.3 Å². The van der Waals surface area contributed by atoms with Gasteiger partial charge in [0.1, 0.15) is 4.83 Å². The number of thiophene rings is 1. The number of fused-ring (bicyclic) bond motifs is 3. The summed E-state index contributed by atoms with van der Waals surface area (Å²) in [5.41, 5.74) is 1.01. The van der Waals surface area contributed by atoms with Crippen LogP contribution in [0.2, 0.25) is 0 Å². The number of aliphatic carboxylic acids is 1. The van der Waals surface area contributed by atoms with Crippen LogP contribution in [0.1, 0.15) is 30.2 Å². The highest BCUT2D eigenvalue weighted by atomic mass is 32.1. The molecule has 0 amide bonds. The van der Waals surface area contributed by atoms with Gasteiger partial charge in [0.25, 0.3) is 5.56 Å². The molecule has 0 N–H and O–H groups in total. The molecule has 5 nitrogen and oxygen atoms in total. The molecule has 1 unspecified atom stereocenters. The largest absolute Gasteiger partial charge is 0.550 e. The summed E-state index contributed by atoms with van der Waals surface area (Å²) in [6.07, 6.45) is 4.29. The summed E-state index contributed by atoms with van der Waals surface area (Å²) in [6.45, 7) is 2.34. The second kappa shape index (κ2) is 5.01. The number of carboxylic acid groups (broad SMARTS) is 1. The third-order valence-electron chi connectivity index (χ3n) is 3.84. The van der Waals surface area contributed by atoms with Crippen molar-refractivity contribution in [3.63, 3.8) is 0 Å². The van der Waals surface area contributed by atoms with E-state index in [-0.39, 0.29) is 18.5 Å². The SMILES string of the molecule is CC1CCc2c(sc3ncn(CCC(=O)[O-])c(=O)c23)C1. The van der Waals surface area contributed by atoms with E-state index in [0.717, 1.165) is 29.7 Å². The minimum Gasteiger partial charge on any atom is -0.550 e. The Balaban J connectivity index is 2.08. The molecule has 0 spiro atoms. The lowest BCUT2D eigenvalue weighted by Gasteiger charge is -2.17. The number of aryl methyl sites for hydroxylation is 2. The molecule has 0 saturated carbocycles. The zero-order chi connectivity index (χ0) is 14.3. The number of hydrogen-bond acceptors (Lipinski definition) is 5. The number of carboxylic acids is 1. The lowest BCUT2D eigenvalue weighted by atomic mass is 9.89. The van der Waals surface area contributed by atoms with Crippen molar-refractivity contribution in [2.75, 3.05) is 0 Å². The lowest BCUT2D eigenvalue weighted by molar-refractivity contribution is -0.305. The van der Waals surface area contributed by atoms with Crippen molar-refractivity contribution < 1.29 is 9.90 Å². The first-order chi connectivity index (χ1) is 9.56. The second-order valence-electron chi connectivity index (χ2n) is 5.40. The summed E-state index contributed by atoms with van der Waals surface area (Å²) in [4.78, 5) is 29.4. The van der Waals surface area contributed by atoms with Gasteiger partial charge in [-0.3, -0.25) is 9.36 Å². The molecule has 0 aromatic carbocycles. The summed E-state index contributed by atoms with van der Waals surface area (Å²) >= 11 is 1.60. The van der Waals surface area contributed by atoms with Gasteiger partial charge in [-0.25, -0.2) is 4.98 Å². The summed E-state index contributed by atoms with van der Waals surface area (Å²) < 4.78 is 1.38. The normalized spacial score (nSPS) is 18.1. The molecule has 1 aliphatic carbocycles. The van der Waals surface area contributed by atoms with Gasteiger partial charge >= 0.3 is 0 Å². The van der Waals surface area contributed by atoms with Gasteiger partial charge in [0.2, 0.25) is 0 Å². The van der Waals surface area contributed by atoms with Gasteiger partial charge in [-0.1, -0.05) is 6.92 Å². The van der Waals surface area contributed by atoms with Crippen LogP contribution in [-0.2, 0) is 24.2 Å². The number of hydrogen-bond donors (Lipinski definition) is 0. The van der Waals surface area contributed by atoms with E-state index in [1.165, 1.54) is 15.8 Å². The highest BCUT2D eigenvalue weighted by molar-refractivity contribution is 7.18. The highest BCUT2D eigenvalue weighted by Gasteiger charge is 2.22. The van der Waals surface area contributed by atoms with E-state index in [2.05, 4.69) is 11.9 Å². The topological polar surface area (TPSA) is 75.0 Å². The van der Waals surface area contributed by atoms with Crippen LogP contribution < -0.4 is 10.7 Å². The van der Waals surface area contributed by atoms with Crippen LogP contribution in [0.3, 0.4) is 0 Å². The quantitative estimate of drug-likeness (QED) is 0.835. The Bertz CT molecular complexity index is 732. The van der Waals surface area contributed by atoms with E-state index >= 15 is 0 Å². The van der Waals surface area contributed by atoms with Crippen molar-refractivity contribution in [3.05, 3.63) is 27.1 Å². The Morgan fingerprint density at radius 1 is 1.60 bits per heavy atom. The molecule has 6 heteroatoms. The first-order valence-electron chi connectivity index (χ1n) is 6.75. The molecule has 20 heavy (non-hydrogen) atoms. The van der Waals surface area contributed by atoms with Crippen LogP contribution in [0.25, 0.3) is 10.2 Å². The molecule has 0 bridgehead atoms. The van der Waals surface area contributed by atoms with E-state index in [9.17, 15) is 14.7 Å². The van der Waals surface area contributed by atoms with E-state index in [1.54, 1.807) is 11.3 Å². The number of carbonyl (C=O) groups excluding carboxylic acids is 1. The highest BCUT2D eigenvalue weighted by Crippen LogP contribution is 2.35. The standard InChI is InChI=1S/C14H16N2O3S/c1-8-2-3-9-10(6-8)20-13-12(9)14(19)16(7-15-13)5-4-11(17)18/h7-8H,2-6H2,1H3,(H,17,18)/p-1. The maximum atomic E-state index is 12.5. The van der Waals surface area contributed by atoms with E-state index < -0.39 is 5.97 Å². The smallest absolute Gasteiger partial charge is 0.262 e. The van der Waals surface area contributed by atoms with E-state index in [4.69, 9.17) is 0 Å². The number of nitrogens with zero attached hydrogens (tertiary/aromatic N) is 2. The molecule has 2 heterocycles. The fourth-order valence-electron chi connectivity index (χ4n) is 2.74. The average Bonchev–Trinajstić information content (AvgIpc) is 2.75. The molecular formula is C14H15N2O3S-. The molecule has 0 aliphatic heterocycles. The van der Waals surface area contributed by atoms with Crippen LogP contribution in [-0.4, -0.2) is 15.5 Å². The molecule has 1 aliphatic rings. The Morgan fingerprint density at radius 3 is 3.15 bits per heavy atom. The molecule has 2 aromatic rings. The van der Waals surface area contributed by atoms with Crippen LogP contribution >= 0.6 is 11.3 Å². The summed E-state index contributed by atoms with van der Waals surface area (Å²) in [7, 11) is 0. The maximum Gasteiger partial charge on any atom is 0.262 e. The Hall–Kier alpha value is -1.69. The summed E-state index contributed by atoms with van der Waals surface area (Å²) in [6, 6.07) is 0. The molecule has 0 saturated heterocycles. The molecule has 2 aromatic heterocycles. The molecule has 1 atom stereocenters. The third kappa shape index (κ3) is 2.24. The van der Waals surface area contributed by atoms with Gasteiger partial charge in [-0.2, -0.15) is 0 Å². The van der Waals surface area contributed by atoms with Crippen molar-refractivity contribution in [2.24, 2.45) is 5.92 Å². The van der Waals surface area contributed by atoms with Gasteiger partial charge in [0, 0.05) is 23.8 Å². The predicted molar refractivity (Wildman–Crippen MR) is 74.7 cm³/mol. The Morgan fingerprint density at radius 2 is 2.40 bits per heavy atom. The van der Waals surface area contributed by atoms with Crippen molar-refractivity contribution in [3.8, 4) is 0 Å². The minimum absolute atomic E-state index is 0.116. The zero-order valence-corrected chi connectivity index (χ0v) is 12.0. The van der Waals surface area contributed by atoms with Gasteiger partial charge < -0.3 is 9.90 Å². The van der Waals surface area contributed by atoms with Crippen LogP contribution in [0, 0.1) is 5.92 Å².